The highest BCUT2D eigenvalue weighted by atomic mass is 35.5. The summed E-state index contributed by atoms with van der Waals surface area (Å²) in [5, 5.41) is 4.83. The van der Waals surface area contributed by atoms with E-state index in [1.165, 1.54) is 0 Å². The van der Waals surface area contributed by atoms with Crippen LogP contribution in [0.4, 0.5) is 0 Å². The van der Waals surface area contributed by atoms with Crippen LogP contribution in [0.25, 0.3) is 0 Å². The molecule has 114 valence electrons. The standard InChI is InChI=1S/C14H19ClN4O2/c1-20-8-7-19-14(12(15)9-17-19)13(18-16)10-3-5-11(21-2)6-4-10/h3-6,9,13,18H,7-8,16H2,1-2H3. The molecule has 0 amide bonds. The maximum Gasteiger partial charge on any atom is 0.118 e. The molecule has 1 unspecified atom stereocenters. The van der Waals surface area contributed by atoms with Gasteiger partial charge in [0.15, 0.2) is 0 Å². The summed E-state index contributed by atoms with van der Waals surface area (Å²) in [5.41, 5.74) is 4.57. The fraction of sp³-hybridized carbons (Fsp3) is 0.357. The van der Waals surface area contributed by atoms with E-state index in [1.807, 2.05) is 24.3 Å². The number of benzene rings is 1. The molecule has 0 aliphatic rings. The number of nitrogens with zero attached hydrogens (tertiary/aromatic N) is 2. The van der Waals surface area contributed by atoms with Crippen LogP contribution in [0.3, 0.4) is 0 Å². The lowest BCUT2D eigenvalue weighted by atomic mass is 10.0. The van der Waals surface area contributed by atoms with Crippen molar-refractivity contribution < 1.29 is 9.47 Å². The molecule has 1 aromatic heterocycles. The van der Waals surface area contributed by atoms with E-state index in [2.05, 4.69) is 10.5 Å². The molecule has 6 nitrogen and oxygen atoms in total. The molecule has 0 bridgehead atoms. The molecule has 2 aromatic rings. The number of methoxy groups -OCH3 is 2. The average Bonchev–Trinajstić information content (AvgIpc) is 2.88. The highest BCUT2D eigenvalue weighted by molar-refractivity contribution is 6.31. The van der Waals surface area contributed by atoms with E-state index in [4.69, 9.17) is 26.9 Å². The minimum atomic E-state index is -0.261. The van der Waals surface area contributed by atoms with Crippen molar-refractivity contribution in [1.29, 1.82) is 0 Å². The molecule has 0 aliphatic heterocycles. The third kappa shape index (κ3) is 3.54. The van der Waals surface area contributed by atoms with Gasteiger partial charge in [-0.1, -0.05) is 23.7 Å². The average molecular weight is 311 g/mol. The number of aromatic nitrogens is 2. The van der Waals surface area contributed by atoms with Gasteiger partial charge >= 0.3 is 0 Å². The quantitative estimate of drug-likeness (QED) is 0.602. The van der Waals surface area contributed by atoms with Crippen LogP contribution in [-0.2, 0) is 11.3 Å². The highest BCUT2D eigenvalue weighted by Crippen LogP contribution is 2.28. The Morgan fingerprint density at radius 1 is 1.33 bits per heavy atom. The van der Waals surface area contributed by atoms with Gasteiger partial charge in [0.2, 0.25) is 0 Å². The predicted molar refractivity (Wildman–Crippen MR) is 81.3 cm³/mol. The third-order valence-electron chi connectivity index (χ3n) is 3.23. The van der Waals surface area contributed by atoms with Crippen molar-refractivity contribution in [3.05, 3.63) is 46.7 Å². The summed E-state index contributed by atoms with van der Waals surface area (Å²) in [5.74, 6) is 6.51. The van der Waals surface area contributed by atoms with Crippen molar-refractivity contribution in [3.8, 4) is 5.75 Å². The Morgan fingerprint density at radius 2 is 2.05 bits per heavy atom. The van der Waals surface area contributed by atoms with Crippen LogP contribution in [0.1, 0.15) is 17.3 Å². The molecule has 1 heterocycles. The van der Waals surface area contributed by atoms with Gasteiger partial charge < -0.3 is 9.47 Å². The van der Waals surface area contributed by atoms with Gasteiger partial charge in [-0.25, -0.2) is 5.43 Å². The van der Waals surface area contributed by atoms with E-state index in [0.29, 0.717) is 18.2 Å². The van der Waals surface area contributed by atoms with Gasteiger partial charge in [0.05, 0.1) is 43.2 Å². The van der Waals surface area contributed by atoms with Gasteiger partial charge in [-0.05, 0) is 17.7 Å². The van der Waals surface area contributed by atoms with Gasteiger partial charge in [0, 0.05) is 7.11 Å². The largest absolute Gasteiger partial charge is 0.497 e. The molecule has 0 spiro atoms. The lowest BCUT2D eigenvalue weighted by Crippen LogP contribution is -2.31. The fourth-order valence-electron chi connectivity index (χ4n) is 2.14. The van der Waals surface area contributed by atoms with Gasteiger partial charge in [0.25, 0.3) is 0 Å². The van der Waals surface area contributed by atoms with Crippen molar-refractivity contribution in [1.82, 2.24) is 15.2 Å². The summed E-state index contributed by atoms with van der Waals surface area (Å²) in [6.45, 7) is 1.15. The Balaban J connectivity index is 2.33. The van der Waals surface area contributed by atoms with Crippen molar-refractivity contribution in [2.75, 3.05) is 20.8 Å². The van der Waals surface area contributed by atoms with E-state index < -0.39 is 0 Å². The predicted octanol–water partition coefficient (Wildman–Crippen LogP) is 1.74. The molecule has 7 heteroatoms. The number of halogens is 1. The van der Waals surface area contributed by atoms with E-state index in [9.17, 15) is 0 Å². The topological polar surface area (TPSA) is 74.3 Å². The van der Waals surface area contributed by atoms with Crippen molar-refractivity contribution in [3.63, 3.8) is 0 Å². The zero-order valence-electron chi connectivity index (χ0n) is 12.0. The molecular formula is C14H19ClN4O2. The van der Waals surface area contributed by atoms with Gasteiger partial charge in [-0.15, -0.1) is 0 Å². The monoisotopic (exact) mass is 310 g/mol. The SMILES string of the molecule is COCCn1ncc(Cl)c1C(NN)c1ccc(OC)cc1. The van der Waals surface area contributed by atoms with Crippen LogP contribution in [0, 0.1) is 0 Å². The van der Waals surface area contributed by atoms with Crippen LogP contribution in [0.2, 0.25) is 5.02 Å². The first-order valence-corrected chi connectivity index (χ1v) is 6.89. The van der Waals surface area contributed by atoms with Crippen LogP contribution in [-0.4, -0.2) is 30.6 Å². The second-order valence-corrected chi connectivity index (χ2v) is 4.87. The second kappa shape index (κ2) is 7.42. The molecular weight excluding hydrogens is 292 g/mol. The van der Waals surface area contributed by atoms with E-state index in [-0.39, 0.29) is 6.04 Å². The number of ether oxygens (including phenoxy) is 2. The Labute approximate surface area is 128 Å². The van der Waals surface area contributed by atoms with Crippen molar-refractivity contribution >= 4 is 11.6 Å². The van der Waals surface area contributed by atoms with Crippen LogP contribution < -0.4 is 16.0 Å². The number of hydrazine groups is 1. The number of nitrogens with one attached hydrogen (secondary N) is 1. The molecule has 1 atom stereocenters. The van der Waals surface area contributed by atoms with E-state index in [0.717, 1.165) is 17.0 Å². The molecule has 0 aliphatic carbocycles. The highest BCUT2D eigenvalue weighted by Gasteiger charge is 2.21. The lowest BCUT2D eigenvalue weighted by Gasteiger charge is -2.19. The first-order chi connectivity index (χ1) is 10.2. The summed E-state index contributed by atoms with van der Waals surface area (Å²) in [4.78, 5) is 0. The fourth-order valence-corrected chi connectivity index (χ4v) is 2.39. The molecule has 3 N–H and O–H groups in total. The van der Waals surface area contributed by atoms with Crippen molar-refractivity contribution in [2.24, 2.45) is 5.84 Å². The van der Waals surface area contributed by atoms with Crippen LogP contribution in [0.15, 0.2) is 30.5 Å². The van der Waals surface area contributed by atoms with Gasteiger partial charge in [-0.2, -0.15) is 5.10 Å². The molecule has 1 aromatic carbocycles. The summed E-state index contributed by atoms with van der Waals surface area (Å²) >= 11 is 6.26. The molecule has 0 fully saturated rings. The summed E-state index contributed by atoms with van der Waals surface area (Å²) in [6.07, 6.45) is 1.61. The Kier molecular flexibility index (Phi) is 5.58. The first kappa shape index (κ1) is 15.8. The maximum atomic E-state index is 6.26. The van der Waals surface area contributed by atoms with E-state index in [1.54, 1.807) is 25.1 Å². The summed E-state index contributed by atoms with van der Waals surface area (Å²) < 4.78 is 12.0. The lowest BCUT2D eigenvalue weighted by molar-refractivity contribution is 0.182. The number of nitrogens with two attached hydrogens (primary N) is 1. The molecule has 2 rings (SSSR count). The zero-order chi connectivity index (χ0) is 15.2. The number of hydrogen-bond acceptors (Lipinski definition) is 5. The molecule has 0 saturated carbocycles. The zero-order valence-corrected chi connectivity index (χ0v) is 12.8. The number of rotatable bonds is 7. The van der Waals surface area contributed by atoms with Crippen molar-refractivity contribution in [2.45, 2.75) is 12.6 Å². The van der Waals surface area contributed by atoms with Crippen LogP contribution in [0.5, 0.6) is 5.75 Å². The maximum absolute atomic E-state index is 6.26. The Morgan fingerprint density at radius 3 is 2.62 bits per heavy atom. The first-order valence-electron chi connectivity index (χ1n) is 6.51. The minimum Gasteiger partial charge on any atom is -0.497 e. The van der Waals surface area contributed by atoms with Gasteiger partial charge in [-0.3, -0.25) is 10.5 Å². The second-order valence-electron chi connectivity index (χ2n) is 4.47. The smallest absolute Gasteiger partial charge is 0.118 e. The Bertz CT molecular complexity index is 571. The molecule has 0 saturated heterocycles. The summed E-state index contributed by atoms with van der Waals surface area (Å²) in [7, 11) is 3.28. The van der Waals surface area contributed by atoms with E-state index >= 15 is 0 Å². The van der Waals surface area contributed by atoms with Crippen LogP contribution >= 0.6 is 11.6 Å². The third-order valence-corrected chi connectivity index (χ3v) is 3.52. The Hall–Kier alpha value is -1.60. The van der Waals surface area contributed by atoms with Gasteiger partial charge in [0.1, 0.15) is 5.75 Å². The summed E-state index contributed by atoms with van der Waals surface area (Å²) in [6, 6.07) is 7.37. The minimum absolute atomic E-state index is 0.261. The number of hydrogen-bond donors (Lipinski definition) is 2. The molecule has 21 heavy (non-hydrogen) atoms. The molecule has 0 radical (unpaired) electrons. The normalized spacial score (nSPS) is 12.4.